The van der Waals surface area contributed by atoms with Crippen molar-refractivity contribution < 1.29 is 32.4 Å². The zero-order valence-corrected chi connectivity index (χ0v) is 23.1. The van der Waals surface area contributed by atoms with E-state index in [0.29, 0.717) is 11.3 Å². The molecule has 2 aromatic carbocycles. The Morgan fingerprint density at radius 3 is 2.18 bits per heavy atom. The summed E-state index contributed by atoms with van der Waals surface area (Å²) in [7, 11) is -1.30. The number of carbonyl (C=O) groups is 2. The molecule has 12 nitrogen and oxygen atoms in total. The van der Waals surface area contributed by atoms with E-state index in [1.165, 1.54) is 31.3 Å². The fraction of sp³-hybridized carbons (Fsp3) is 0.440. The van der Waals surface area contributed by atoms with Crippen molar-refractivity contribution in [3.05, 3.63) is 58.1 Å². The zero-order chi connectivity index (χ0) is 28.6. The molecule has 0 aliphatic carbocycles. The molecule has 13 heteroatoms. The molecular formula is C25H34N4O8S. The highest BCUT2D eigenvalue weighted by atomic mass is 32.2. The molecule has 0 fully saturated rings. The standard InChI is InChI=1S/C25H34N4O8S/c1-7-21(25(31)26-17(2)3)27(15-18-8-11-20(36-4)12-9-18)24(30)16-28(38(6,34)35)22-14-19(29(32)33)10-13-23(22)37-5/h8-14,17,21H,7,15-16H2,1-6H3,(H,26,31). The van der Waals surface area contributed by atoms with Crippen molar-refractivity contribution in [2.75, 3.05) is 31.3 Å². The fourth-order valence-corrected chi connectivity index (χ4v) is 4.65. The highest BCUT2D eigenvalue weighted by molar-refractivity contribution is 7.92. The fourth-order valence-electron chi connectivity index (χ4n) is 3.81. The number of hydrogen-bond acceptors (Lipinski definition) is 8. The lowest BCUT2D eigenvalue weighted by molar-refractivity contribution is -0.384. The number of anilines is 1. The summed E-state index contributed by atoms with van der Waals surface area (Å²) in [6, 6.07) is 9.28. The summed E-state index contributed by atoms with van der Waals surface area (Å²) in [5.41, 5.74) is 0.148. The van der Waals surface area contributed by atoms with Crippen molar-refractivity contribution in [2.24, 2.45) is 0 Å². The van der Waals surface area contributed by atoms with Gasteiger partial charge < -0.3 is 19.7 Å². The lowest BCUT2D eigenvalue weighted by Gasteiger charge is -2.33. The lowest BCUT2D eigenvalue weighted by atomic mass is 10.1. The Morgan fingerprint density at radius 1 is 1.08 bits per heavy atom. The Hall–Kier alpha value is -3.87. The quantitative estimate of drug-likeness (QED) is 0.296. The summed E-state index contributed by atoms with van der Waals surface area (Å²) in [5, 5.41) is 14.2. The van der Waals surface area contributed by atoms with Gasteiger partial charge in [-0.15, -0.1) is 0 Å². The Kier molecular flexibility index (Phi) is 10.5. The minimum Gasteiger partial charge on any atom is -0.497 e. The molecule has 0 aromatic heterocycles. The van der Waals surface area contributed by atoms with Crippen molar-refractivity contribution in [2.45, 2.75) is 45.8 Å². The van der Waals surface area contributed by atoms with Crippen molar-refractivity contribution >= 4 is 33.2 Å². The van der Waals surface area contributed by atoms with E-state index >= 15 is 0 Å². The largest absolute Gasteiger partial charge is 0.497 e. The van der Waals surface area contributed by atoms with Gasteiger partial charge in [0.25, 0.3) is 5.69 Å². The van der Waals surface area contributed by atoms with Crippen molar-refractivity contribution in [3.63, 3.8) is 0 Å². The van der Waals surface area contributed by atoms with E-state index in [-0.39, 0.29) is 42.0 Å². The van der Waals surface area contributed by atoms with Crippen LogP contribution < -0.4 is 19.1 Å². The zero-order valence-electron chi connectivity index (χ0n) is 22.3. The molecular weight excluding hydrogens is 516 g/mol. The number of nitrogens with one attached hydrogen (secondary N) is 1. The van der Waals surface area contributed by atoms with Gasteiger partial charge in [0.15, 0.2) is 0 Å². The van der Waals surface area contributed by atoms with Crippen LogP contribution >= 0.6 is 0 Å². The predicted octanol–water partition coefficient (Wildman–Crippen LogP) is 2.71. The molecule has 0 spiro atoms. The topological polar surface area (TPSA) is 148 Å². The minimum absolute atomic E-state index is 0.0104. The molecule has 0 aliphatic rings. The first-order valence-electron chi connectivity index (χ1n) is 11.8. The second-order valence-corrected chi connectivity index (χ2v) is 10.7. The number of amides is 2. The summed E-state index contributed by atoms with van der Waals surface area (Å²) >= 11 is 0. The molecule has 38 heavy (non-hydrogen) atoms. The predicted molar refractivity (Wildman–Crippen MR) is 143 cm³/mol. The lowest BCUT2D eigenvalue weighted by Crippen LogP contribution is -2.53. The van der Waals surface area contributed by atoms with E-state index in [4.69, 9.17) is 9.47 Å². The van der Waals surface area contributed by atoms with Crippen molar-refractivity contribution in [1.29, 1.82) is 0 Å². The number of ether oxygens (including phenoxy) is 2. The van der Waals surface area contributed by atoms with Crippen LogP contribution in [0.4, 0.5) is 11.4 Å². The van der Waals surface area contributed by atoms with Gasteiger partial charge in [0.05, 0.1) is 25.4 Å². The maximum absolute atomic E-state index is 13.8. The summed E-state index contributed by atoms with van der Waals surface area (Å²) in [6.45, 7) is 4.63. The van der Waals surface area contributed by atoms with E-state index in [9.17, 15) is 28.1 Å². The average molecular weight is 551 g/mol. The van der Waals surface area contributed by atoms with E-state index in [1.54, 1.807) is 45.0 Å². The Labute approximate surface area is 222 Å². The monoisotopic (exact) mass is 550 g/mol. The molecule has 2 aromatic rings. The summed E-state index contributed by atoms with van der Waals surface area (Å²) < 4.78 is 36.8. The Morgan fingerprint density at radius 2 is 1.71 bits per heavy atom. The van der Waals surface area contributed by atoms with Crippen LogP contribution in [0.1, 0.15) is 32.8 Å². The number of benzene rings is 2. The number of hydrogen-bond donors (Lipinski definition) is 1. The van der Waals surface area contributed by atoms with Gasteiger partial charge >= 0.3 is 0 Å². The highest BCUT2D eigenvalue weighted by Gasteiger charge is 2.33. The van der Waals surface area contributed by atoms with Gasteiger partial charge in [0, 0.05) is 24.7 Å². The molecule has 0 saturated carbocycles. The third-order valence-electron chi connectivity index (χ3n) is 5.65. The van der Waals surface area contributed by atoms with Crippen LogP contribution in [0, 0.1) is 10.1 Å². The molecule has 0 aliphatic heterocycles. The van der Waals surface area contributed by atoms with E-state index < -0.39 is 33.4 Å². The molecule has 1 unspecified atom stereocenters. The van der Waals surface area contributed by atoms with Crippen LogP contribution in [-0.2, 0) is 26.2 Å². The maximum atomic E-state index is 13.8. The Balaban J connectivity index is 2.55. The third kappa shape index (κ3) is 7.81. The number of carbonyl (C=O) groups excluding carboxylic acids is 2. The highest BCUT2D eigenvalue weighted by Crippen LogP contribution is 2.34. The smallest absolute Gasteiger partial charge is 0.271 e. The number of nitrogens with zero attached hydrogens (tertiary/aromatic N) is 3. The number of methoxy groups -OCH3 is 2. The van der Waals surface area contributed by atoms with Crippen LogP contribution in [0.3, 0.4) is 0 Å². The number of sulfonamides is 1. The first kappa shape index (κ1) is 30.4. The number of nitro benzene ring substituents is 1. The van der Waals surface area contributed by atoms with E-state index in [1.807, 2.05) is 0 Å². The molecule has 208 valence electrons. The molecule has 2 amide bonds. The van der Waals surface area contributed by atoms with Gasteiger partial charge in [-0.3, -0.25) is 24.0 Å². The average Bonchev–Trinajstić information content (AvgIpc) is 2.85. The van der Waals surface area contributed by atoms with Crippen LogP contribution in [0.5, 0.6) is 11.5 Å². The molecule has 0 heterocycles. The van der Waals surface area contributed by atoms with Crippen LogP contribution in [0.25, 0.3) is 0 Å². The van der Waals surface area contributed by atoms with Gasteiger partial charge in [-0.2, -0.15) is 0 Å². The molecule has 1 atom stereocenters. The molecule has 0 radical (unpaired) electrons. The van der Waals surface area contributed by atoms with E-state index in [2.05, 4.69) is 5.32 Å². The normalized spacial score (nSPS) is 12.0. The van der Waals surface area contributed by atoms with Gasteiger partial charge in [0.1, 0.15) is 29.8 Å². The first-order chi connectivity index (χ1) is 17.8. The molecule has 1 N–H and O–H groups in total. The van der Waals surface area contributed by atoms with Gasteiger partial charge in [0.2, 0.25) is 21.8 Å². The van der Waals surface area contributed by atoms with Gasteiger partial charge in [-0.05, 0) is 44.0 Å². The molecule has 2 rings (SSSR count). The van der Waals surface area contributed by atoms with Gasteiger partial charge in [-0.1, -0.05) is 19.1 Å². The number of non-ortho nitro benzene ring substituents is 1. The van der Waals surface area contributed by atoms with Crippen LogP contribution in [0.2, 0.25) is 0 Å². The summed E-state index contributed by atoms with van der Waals surface area (Å²) in [6.07, 6.45) is 1.15. The van der Waals surface area contributed by atoms with Crippen LogP contribution in [0.15, 0.2) is 42.5 Å². The second kappa shape index (κ2) is 13.1. The maximum Gasteiger partial charge on any atom is 0.271 e. The third-order valence-corrected chi connectivity index (χ3v) is 6.78. The molecule has 0 saturated heterocycles. The molecule has 0 bridgehead atoms. The summed E-state index contributed by atoms with van der Waals surface area (Å²) in [4.78, 5) is 38.8. The van der Waals surface area contributed by atoms with Crippen LogP contribution in [-0.4, -0.2) is 69.2 Å². The minimum atomic E-state index is -4.11. The second-order valence-electron chi connectivity index (χ2n) is 8.84. The SMILES string of the molecule is CCC(C(=O)NC(C)C)N(Cc1ccc(OC)cc1)C(=O)CN(c1cc([N+](=O)[O-])ccc1OC)S(C)(=O)=O. The first-order valence-corrected chi connectivity index (χ1v) is 13.7. The number of nitro groups is 1. The van der Waals surface area contributed by atoms with Crippen molar-refractivity contribution in [1.82, 2.24) is 10.2 Å². The van der Waals surface area contributed by atoms with Crippen molar-refractivity contribution in [3.8, 4) is 11.5 Å². The number of rotatable bonds is 13. The van der Waals surface area contributed by atoms with Gasteiger partial charge in [-0.25, -0.2) is 8.42 Å². The summed E-state index contributed by atoms with van der Waals surface area (Å²) in [5.74, 6) is -0.425. The Bertz CT molecular complexity index is 1250. The van der Waals surface area contributed by atoms with E-state index in [0.717, 1.165) is 16.6 Å².